The van der Waals surface area contributed by atoms with Crippen LogP contribution in [-0.2, 0) is 23.1 Å². The summed E-state index contributed by atoms with van der Waals surface area (Å²) in [6, 6.07) is 1.26. The van der Waals surface area contributed by atoms with E-state index < -0.39 is 31.2 Å². The van der Waals surface area contributed by atoms with Crippen molar-refractivity contribution in [2.45, 2.75) is 47.0 Å². The fourth-order valence-electron chi connectivity index (χ4n) is 3.60. The first-order valence-electron chi connectivity index (χ1n) is 9.80. The lowest BCUT2D eigenvalue weighted by atomic mass is 9.93. The summed E-state index contributed by atoms with van der Waals surface area (Å²) >= 11 is 0. The molecule has 2 heterocycles. The van der Waals surface area contributed by atoms with Gasteiger partial charge in [-0.25, -0.2) is 4.79 Å². The Bertz CT molecular complexity index is 879. The smallest absolute Gasteiger partial charge is 0.331 e. The highest BCUT2D eigenvalue weighted by Gasteiger charge is 2.43. The van der Waals surface area contributed by atoms with Crippen LogP contribution in [0.2, 0.25) is 0 Å². The van der Waals surface area contributed by atoms with Crippen LogP contribution in [-0.4, -0.2) is 42.1 Å². The number of nitrogens with zero attached hydrogens (tertiary/aromatic N) is 1. The van der Waals surface area contributed by atoms with Gasteiger partial charge in [-0.05, 0) is 19.8 Å². The number of methoxy groups -OCH3 is 1. The maximum Gasteiger partial charge on any atom is 0.331 e. The first-order valence-corrected chi connectivity index (χ1v) is 11.5. The number of nitrogens with one attached hydrogen (secondary N) is 1. The van der Waals surface area contributed by atoms with Crippen molar-refractivity contribution in [3.8, 4) is 0 Å². The van der Waals surface area contributed by atoms with Crippen molar-refractivity contribution in [1.82, 2.24) is 9.55 Å². The molecule has 2 rings (SSSR count). The number of aromatic nitrogens is 2. The van der Waals surface area contributed by atoms with Crippen LogP contribution in [0.3, 0.4) is 0 Å². The minimum Gasteiger partial charge on any atom is -0.471 e. The van der Waals surface area contributed by atoms with Crippen LogP contribution in [0.25, 0.3) is 0 Å². The van der Waals surface area contributed by atoms with Crippen LogP contribution in [0.5, 0.6) is 0 Å². The molecule has 0 radical (unpaired) electrons. The lowest BCUT2D eigenvalue weighted by Gasteiger charge is -2.23. The third-order valence-electron chi connectivity index (χ3n) is 4.70. The molecule has 164 valence electrons. The molecule has 0 saturated heterocycles. The molecular formula is C19H31N2O7P. The predicted octanol–water partition coefficient (Wildman–Crippen LogP) is 2.89. The molecule has 0 aromatic carbocycles. The van der Waals surface area contributed by atoms with Crippen LogP contribution >= 0.6 is 7.60 Å². The van der Waals surface area contributed by atoms with Crippen molar-refractivity contribution in [2.75, 3.05) is 26.5 Å². The van der Waals surface area contributed by atoms with E-state index in [2.05, 4.69) is 4.98 Å². The van der Waals surface area contributed by atoms with E-state index in [1.165, 1.54) is 16.8 Å². The molecule has 0 amide bonds. The second-order valence-electron chi connectivity index (χ2n) is 7.19. The van der Waals surface area contributed by atoms with Gasteiger partial charge < -0.3 is 18.5 Å². The third-order valence-corrected chi connectivity index (χ3v) is 6.99. The first kappa shape index (κ1) is 23.6. The predicted molar refractivity (Wildman–Crippen MR) is 109 cm³/mol. The summed E-state index contributed by atoms with van der Waals surface area (Å²) in [6.45, 7) is 9.96. The summed E-state index contributed by atoms with van der Waals surface area (Å²) < 4.78 is 37.0. The molecular weight excluding hydrogens is 399 g/mol. The molecule has 0 fully saturated rings. The fourth-order valence-corrected chi connectivity index (χ4v) is 5.50. The van der Waals surface area contributed by atoms with Gasteiger partial charge in [0.05, 0.1) is 19.4 Å². The molecule has 9 nitrogen and oxygen atoms in total. The van der Waals surface area contributed by atoms with Gasteiger partial charge in [0.1, 0.15) is 11.9 Å². The van der Waals surface area contributed by atoms with Crippen LogP contribution in [0.1, 0.15) is 40.8 Å². The van der Waals surface area contributed by atoms with E-state index in [0.29, 0.717) is 5.76 Å². The zero-order valence-electron chi connectivity index (χ0n) is 17.8. The molecule has 1 unspecified atom stereocenters. The van der Waals surface area contributed by atoms with E-state index in [4.69, 9.17) is 18.5 Å². The zero-order chi connectivity index (χ0) is 21.8. The second kappa shape index (κ2) is 9.89. The van der Waals surface area contributed by atoms with Crippen molar-refractivity contribution < 1.29 is 23.1 Å². The SMILES string of the molecule is CCOP(=O)(C[C@H](C)C1=C(C(C)C)C(OC)[C@H](n2ccc(=O)[nH]c2=O)O1)OCC. The summed E-state index contributed by atoms with van der Waals surface area (Å²) in [4.78, 5) is 26.0. The van der Waals surface area contributed by atoms with Gasteiger partial charge in [0.25, 0.3) is 5.56 Å². The molecule has 1 N–H and O–H groups in total. The van der Waals surface area contributed by atoms with E-state index in [-0.39, 0.29) is 31.2 Å². The number of H-pyrrole nitrogens is 1. The van der Waals surface area contributed by atoms with E-state index in [1.54, 1.807) is 21.0 Å². The zero-order valence-corrected chi connectivity index (χ0v) is 18.7. The molecule has 1 aliphatic rings. The molecule has 0 bridgehead atoms. The topological polar surface area (TPSA) is 109 Å². The van der Waals surface area contributed by atoms with Crippen molar-refractivity contribution in [3.63, 3.8) is 0 Å². The molecule has 0 aliphatic carbocycles. The molecule has 1 aromatic rings. The molecule has 29 heavy (non-hydrogen) atoms. The third kappa shape index (κ3) is 5.28. The van der Waals surface area contributed by atoms with Crippen LogP contribution in [0.4, 0.5) is 0 Å². The fraction of sp³-hybridized carbons (Fsp3) is 0.684. The largest absolute Gasteiger partial charge is 0.471 e. The van der Waals surface area contributed by atoms with Crippen molar-refractivity contribution in [3.05, 3.63) is 44.4 Å². The highest BCUT2D eigenvalue weighted by molar-refractivity contribution is 7.53. The second-order valence-corrected chi connectivity index (χ2v) is 9.29. The van der Waals surface area contributed by atoms with Crippen LogP contribution in [0, 0.1) is 11.8 Å². The first-order chi connectivity index (χ1) is 13.7. The van der Waals surface area contributed by atoms with E-state index >= 15 is 0 Å². The Morgan fingerprint density at radius 2 is 1.83 bits per heavy atom. The summed E-state index contributed by atoms with van der Waals surface area (Å²) in [5, 5.41) is 0. The van der Waals surface area contributed by atoms with Gasteiger partial charge in [0, 0.05) is 30.9 Å². The van der Waals surface area contributed by atoms with Gasteiger partial charge in [0.15, 0.2) is 0 Å². The quantitative estimate of drug-likeness (QED) is 0.569. The number of rotatable bonds is 10. The monoisotopic (exact) mass is 430 g/mol. The standard InChI is InChI=1S/C19H31N2O7P/c1-7-26-29(24,27-8-2)11-13(5)16-15(12(3)4)17(25-6)18(28-16)21-10-9-14(22)20-19(21)23/h9-10,12-13,17-18H,7-8,11H2,1-6H3,(H,20,22,23)/t13-,17?,18+/m0/s1. The average Bonchev–Trinajstić information content (AvgIpc) is 3.01. The molecule has 3 atom stereocenters. The van der Waals surface area contributed by atoms with Crippen LogP contribution in [0.15, 0.2) is 33.2 Å². The number of aromatic amines is 1. The molecule has 1 aromatic heterocycles. The van der Waals surface area contributed by atoms with E-state index in [0.717, 1.165) is 5.57 Å². The Labute approximate surface area is 170 Å². The Hall–Kier alpha value is -1.67. The number of hydrogen-bond donors (Lipinski definition) is 1. The summed E-state index contributed by atoms with van der Waals surface area (Å²) in [7, 11) is -1.75. The Morgan fingerprint density at radius 1 is 1.21 bits per heavy atom. The highest BCUT2D eigenvalue weighted by Crippen LogP contribution is 2.52. The normalized spacial score (nSPS) is 20.9. The number of ether oxygens (including phenoxy) is 2. The van der Waals surface area contributed by atoms with Crippen molar-refractivity contribution in [2.24, 2.45) is 11.8 Å². The molecule has 10 heteroatoms. The molecule has 1 aliphatic heterocycles. The van der Waals surface area contributed by atoms with Gasteiger partial charge in [-0.2, -0.15) is 0 Å². The Morgan fingerprint density at radius 3 is 2.31 bits per heavy atom. The van der Waals surface area contributed by atoms with Gasteiger partial charge in [-0.1, -0.05) is 20.8 Å². The Balaban J connectivity index is 2.42. The van der Waals surface area contributed by atoms with Crippen molar-refractivity contribution >= 4 is 7.60 Å². The summed E-state index contributed by atoms with van der Waals surface area (Å²) in [6.07, 6.45) is 0.214. The maximum atomic E-state index is 13.0. The highest BCUT2D eigenvalue weighted by atomic mass is 31.2. The Kier molecular flexibility index (Phi) is 8.05. The van der Waals surface area contributed by atoms with E-state index in [1.807, 2.05) is 20.8 Å². The number of hydrogen-bond acceptors (Lipinski definition) is 7. The summed E-state index contributed by atoms with van der Waals surface area (Å²) in [5.41, 5.74) is -0.197. The lowest BCUT2D eigenvalue weighted by Crippen LogP contribution is -2.36. The average molecular weight is 430 g/mol. The van der Waals surface area contributed by atoms with Gasteiger partial charge in [-0.3, -0.25) is 18.9 Å². The van der Waals surface area contributed by atoms with Gasteiger partial charge >= 0.3 is 13.3 Å². The van der Waals surface area contributed by atoms with Crippen molar-refractivity contribution in [1.29, 1.82) is 0 Å². The number of allylic oxidation sites excluding steroid dienone is 1. The van der Waals surface area contributed by atoms with Gasteiger partial charge in [0.2, 0.25) is 6.23 Å². The van der Waals surface area contributed by atoms with Crippen LogP contribution < -0.4 is 11.2 Å². The molecule has 0 saturated carbocycles. The minimum atomic E-state index is -3.29. The minimum absolute atomic E-state index is 0.0550. The maximum absolute atomic E-state index is 13.0. The molecule has 0 spiro atoms. The van der Waals surface area contributed by atoms with Gasteiger partial charge in [-0.15, -0.1) is 0 Å². The van der Waals surface area contributed by atoms with E-state index in [9.17, 15) is 14.2 Å². The summed E-state index contributed by atoms with van der Waals surface area (Å²) in [5.74, 6) is 0.367. The lowest BCUT2D eigenvalue weighted by molar-refractivity contribution is -0.0317.